The fourth-order valence-corrected chi connectivity index (χ4v) is 18.2. The van der Waals surface area contributed by atoms with Crippen molar-refractivity contribution in [2.45, 2.75) is 41.5 Å². The Morgan fingerprint density at radius 2 is 0.621 bits per heavy atom. The highest BCUT2D eigenvalue weighted by Gasteiger charge is 2.32. The third kappa shape index (κ3) is 8.80. The molecule has 0 N–H and O–H groups in total. The normalized spacial score (nSPS) is 12.2. The Morgan fingerprint density at radius 1 is 0.262 bits per heavy atom. The monoisotopic (exact) mass is 1320 g/mol. The summed E-state index contributed by atoms with van der Waals surface area (Å²) in [5, 5.41) is 13.8. The lowest BCUT2D eigenvalue weighted by molar-refractivity contribution is 0.668. The van der Waals surface area contributed by atoms with Crippen LogP contribution in [0.25, 0.3) is 176 Å². The second-order valence-electron chi connectivity index (χ2n) is 28.5. The molecule has 8 heteroatoms. The fourth-order valence-electron chi connectivity index (χ4n) is 18.2. The Kier molecular flexibility index (Phi) is 12.8. The van der Waals surface area contributed by atoms with Gasteiger partial charge in [-0.1, -0.05) is 232 Å². The average Bonchev–Trinajstić information content (AvgIpc) is 1.55. The lowest BCUT2D eigenvalue weighted by Crippen LogP contribution is -2.56. The number of pyridine rings is 1. The Balaban J connectivity index is 0.837. The molecule has 0 atom stereocenters. The first-order valence-corrected chi connectivity index (χ1v) is 35.7. The topological polar surface area (TPSA) is 58.9 Å². The van der Waals surface area contributed by atoms with Crippen LogP contribution in [0.5, 0.6) is 0 Å². The zero-order valence-electron chi connectivity index (χ0n) is 57.8. The van der Waals surface area contributed by atoms with Crippen LogP contribution in [0.2, 0.25) is 0 Å². The van der Waals surface area contributed by atoms with E-state index in [0.717, 1.165) is 160 Å². The van der Waals surface area contributed by atoms with Crippen LogP contribution < -0.4 is 16.4 Å². The maximum Gasteiger partial charge on any atom is 0.242 e. The van der Waals surface area contributed by atoms with Crippen LogP contribution >= 0.6 is 0 Å². The number of para-hydroxylation sites is 6. The van der Waals surface area contributed by atoms with Gasteiger partial charge in [-0.2, -0.15) is 0 Å². The van der Waals surface area contributed by atoms with E-state index in [2.05, 4.69) is 327 Å². The number of nitrogens with zero attached hydrogens (tertiary/aromatic N) is 5. The van der Waals surface area contributed by atoms with Gasteiger partial charge in [0.15, 0.2) is 0 Å². The molecule has 0 aliphatic heterocycles. The fraction of sp³-hybridized carbons (Fsp3) is 0.0632. The molecule has 0 spiro atoms. The first-order chi connectivity index (χ1) is 50.5. The first-order valence-electron chi connectivity index (χ1n) is 35.7. The maximum atomic E-state index is 6.33. The molecule has 21 rings (SSSR count). The summed E-state index contributed by atoms with van der Waals surface area (Å²) in [7, 11) is 0. The van der Waals surface area contributed by atoms with Gasteiger partial charge in [0.2, 0.25) is 6.71 Å². The summed E-state index contributed by atoms with van der Waals surface area (Å²) >= 11 is 0. The van der Waals surface area contributed by atoms with Crippen LogP contribution in [0, 0.1) is 41.5 Å². The minimum Gasteiger partial charge on any atom is -0.456 e. The molecule has 0 radical (unpaired) electrons. The van der Waals surface area contributed by atoms with Crippen molar-refractivity contribution < 1.29 is 8.83 Å². The van der Waals surface area contributed by atoms with Gasteiger partial charge in [0.25, 0.3) is 0 Å². The molecule has 0 aliphatic carbocycles. The van der Waals surface area contributed by atoms with E-state index in [1.54, 1.807) is 0 Å². The molecule has 0 unspecified atom stereocenters. The van der Waals surface area contributed by atoms with E-state index < -0.39 is 0 Å². The van der Waals surface area contributed by atoms with E-state index in [-0.39, 0.29) is 6.71 Å². The van der Waals surface area contributed by atoms with Crippen LogP contribution in [0.3, 0.4) is 0 Å². The van der Waals surface area contributed by atoms with Crippen molar-refractivity contribution in [3.8, 4) is 45.3 Å². The van der Waals surface area contributed by atoms with Crippen molar-refractivity contribution in [3.05, 3.63) is 325 Å². The number of aromatic nitrogens is 5. The molecular weight excluding hydrogens is 1250 g/mol. The van der Waals surface area contributed by atoms with Crippen LogP contribution in [-0.4, -0.2) is 30.0 Å². The molecule has 0 saturated heterocycles. The number of benzene rings is 14. The second kappa shape index (κ2) is 22.3. The first kappa shape index (κ1) is 59.0. The standard InChI is InChI=1S/C95H66BN5O2/c1-55-45-57(3)92(58(4)46-55)96(93-59(5)47-56(2)48-60(93)6)65-53-88(100-80-33-15-9-29-74(80)90-82(100)41-39-72-68-25-7-13-31-78(68)98(94(72)90)66-23-19-21-61(49-66)63-37-43-86-76(51-63)70-27-11-17-35-84(70)102-86)97-89(54-65)101-81-34-16-10-30-75(81)91-83(101)42-40-73-69-26-8-14-32-79(69)99(95(73)91)67-24-20-22-62(50-67)64-38-44-87-77(52-64)71-28-12-18-36-85(71)103-87/h7-54H,1-6H3. The van der Waals surface area contributed by atoms with Gasteiger partial charge < -0.3 is 18.0 Å². The van der Waals surface area contributed by atoms with Gasteiger partial charge in [0, 0.05) is 76.0 Å². The summed E-state index contributed by atoms with van der Waals surface area (Å²) in [6.07, 6.45) is 0. The quantitative estimate of drug-likeness (QED) is 0.135. The van der Waals surface area contributed by atoms with Gasteiger partial charge in [-0.05, 0) is 173 Å². The smallest absolute Gasteiger partial charge is 0.242 e. The Labute approximate surface area is 594 Å². The lowest BCUT2D eigenvalue weighted by atomic mass is 9.34. The molecule has 7 nitrogen and oxygen atoms in total. The molecule has 486 valence electrons. The summed E-state index contributed by atoms with van der Waals surface area (Å²) < 4.78 is 22.6. The van der Waals surface area contributed by atoms with Gasteiger partial charge in [-0.3, -0.25) is 9.13 Å². The van der Waals surface area contributed by atoms with Crippen molar-refractivity contribution in [1.29, 1.82) is 0 Å². The molecule has 0 bridgehead atoms. The summed E-state index contributed by atoms with van der Waals surface area (Å²) in [5.41, 5.74) is 30.4. The summed E-state index contributed by atoms with van der Waals surface area (Å²) in [6, 6.07) is 107. The predicted octanol–water partition coefficient (Wildman–Crippen LogP) is 23.0. The summed E-state index contributed by atoms with van der Waals surface area (Å²) in [6.45, 7) is 13.5. The minimum absolute atomic E-state index is 0.174. The van der Waals surface area contributed by atoms with E-state index in [1.165, 1.54) is 65.9 Å². The molecule has 103 heavy (non-hydrogen) atoms. The molecule has 0 fully saturated rings. The van der Waals surface area contributed by atoms with Gasteiger partial charge in [-0.25, -0.2) is 4.98 Å². The van der Waals surface area contributed by atoms with Crippen LogP contribution in [0.15, 0.2) is 300 Å². The number of hydrogen-bond donors (Lipinski definition) is 0. The molecule has 7 heterocycles. The second-order valence-corrected chi connectivity index (χ2v) is 28.5. The zero-order chi connectivity index (χ0) is 68.6. The molecule has 0 saturated carbocycles. The highest BCUT2D eigenvalue weighted by atomic mass is 16.3. The largest absolute Gasteiger partial charge is 0.456 e. The molecule has 7 aromatic heterocycles. The predicted molar refractivity (Wildman–Crippen MR) is 433 cm³/mol. The lowest BCUT2D eigenvalue weighted by Gasteiger charge is -2.26. The van der Waals surface area contributed by atoms with Crippen molar-refractivity contribution in [1.82, 2.24) is 23.3 Å². The highest BCUT2D eigenvalue weighted by molar-refractivity contribution is 6.96. The number of aryl methyl sites for hydroxylation is 6. The van der Waals surface area contributed by atoms with Crippen LogP contribution in [0.4, 0.5) is 0 Å². The van der Waals surface area contributed by atoms with E-state index in [4.69, 9.17) is 13.8 Å². The molecular formula is C95H66BN5O2. The minimum atomic E-state index is -0.174. The number of furan rings is 2. The van der Waals surface area contributed by atoms with E-state index >= 15 is 0 Å². The van der Waals surface area contributed by atoms with Gasteiger partial charge in [0.05, 0.1) is 44.1 Å². The number of fused-ring (bicyclic) bond motifs is 20. The summed E-state index contributed by atoms with van der Waals surface area (Å²) in [5.74, 6) is 1.67. The van der Waals surface area contributed by atoms with E-state index in [0.29, 0.717) is 0 Å². The van der Waals surface area contributed by atoms with Gasteiger partial charge >= 0.3 is 0 Å². The Bertz CT molecular complexity index is 6750. The maximum absolute atomic E-state index is 6.33. The molecule has 14 aromatic carbocycles. The van der Waals surface area contributed by atoms with Crippen molar-refractivity contribution >= 4 is 154 Å². The Hall–Kier alpha value is -12.9. The SMILES string of the molecule is Cc1cc(C)c(B(c2cc(-n3c4ccccc4c4c3ccc3c5ccccc5n(-c5cccc(-c6ccc7oc8ccccc8c7c6)c5)c34)nc(-n3c4ccccc4c4c3ccc3c5ccccc5n(-c5cccc(-c6ccc7oc8ccccc8c7c6)c5)c34)c2)c2c(C)cc(C)cc2C)c(C)c1. The third-order valence-electron chi connectivity index (χ3n) is 22.2. The highest BCUT2D eigenvalue weighted by Crippen LogP contribution is 2.46. The molecule has 0 amide bonds. The van der Waals surface area contributed by atoms with Crippen LogP contribution in [0.1, 0.15) is 33.4 Å². The van der Waals surface area contributed by atoms with Crippen molar-refractivity contribution in [2.75, 3.05) is 0 Å². The van der Waals surface area contributed by atoms with Crippen molar-refractivity contribution in [2.24, 2.45) is 0 Å². The van der Waals surface area contributed by atoms with E-state index in [1.807, 2.05) is 24.3 Å². The third-order valence-corrected chi connectivity index (χ3v) is 22.2. The number of hydrogen-bond acceptors (Lipinski definition) is 3. The Morgan fingerprint density at radius 3 is 1.05 bits per heavy atom. The molecule has 21 aromatic rings. The van der Waals surface area contributed by atoms with Gasteiger partial charge in [0.1, 0.15) is 34.0 Å². The van der Waals surface area contributed by atoms with Crippen molar-refractivity contribution in [3.63, 3.8) is 0 Å². The van der Waals surface area contributed by atoms with E-state index in [9.17, 15) is 0 Å². The molecule has 0 aliphatic rings. The zero-order valence-corrected chi connectivity index (χ0v) is 57.8. The number of rotatable bonds is 9. The average molecular weight is 1320 g/mol. The van der Waals surface area contributed by atoms with Crippen LogP contribution in [-0.2, 0) is 0 Å². The van der Waals surface area contributed by atoms with Gasteiger partial charge in [-0.15, -0.1) is 0 Å². The summed E-state index contributed by atoms with van der Waals surface area (Å²) in [4.78, 5) is 6.18.